The molecule has 2 aromatic heterocycles. The molecule has 4 aromatic rings. The maximum atomic E-state index is 8.62. The van der Waals surface area contributed by atoms with E-state index >= 15 is 0 Å². The van der Waals surface area contributed by atoms with Crippen LogP contribution in [0.2, 0.25) is 0 Å². The Morgan fingerprint density at radius 1 is 1.00 bits per heavy atom. The normalized spacial score (nSPS) is 13.5. The lowest BCUT2D eigenvalue weighted by Crippen LogP contribution is -2.36. The van der Waals surface area contributed by atoms with Gasteiger partial charge in [-0.1, -0.05) is 48.5 Å². The average molecular weight is 386 g/mol. The van der Waals surface area contributed by atoms with Gasteiger partial charge >= 0.3 is 0 Å². The third-order valence-corrected chi connectivity index (χ3v) is 5.73. The van der Waals surface area contributed by atoms with Crippen molar-refractivity contribution in [2.75, 3.05) is 11.4 Å². The molecule has 2 N–H and O–H groups in total. The number of benzene rings is 2. The first kappa shape index (κ1) is 16.8. The first-order valence-electron chi connectivity index (χ1n) is 9.08. The molecule has 7 heteroatoms. The highest BCUT2D eigenvalue weighted by Crippen LogP contribution is 2.27. The zero-order valence-electron chi connectivity index (χ0n) is 15.1. The number of hydrogen-bond donors (Lipinski definition) is 2. The van der Waals surface area contributed by atoms with E-state index in [0.717, 1.165) is 36.1 Å². The summed E-state index contributed by atoms with van der Waals surface area (Å²) in [5, 5.41) is 25.4. The second-order valence-electron chi connectivity index (χ2n) is 6.79. The molecule has 1 aliphatic rings. The minimum absolute atomic E-state index is 0.121. The number of anilines is 1. The molecule has 0 saturated carbocycles. The second kappa shape index (κ2) is 6.69. The van der Waals surface area contributed by atoms with Crippen LogP contribution in [0.3, 0.4) is 0 Å². The Bertz CT molecular complexity index is 1240. The van der Waals surface area contributed by atoms with Crippen LogP contribution in [-0.4, -0.2) is 27.1 Å². The summed E-state index contributed by atoms with van der Waals surface area (Å²) in [4.78, 5) is 6.47. The van der Waals surface area contributed by atoms with E-state index in [1.165, 1.54) is 27.1 Å². The molecule has 5 rings (SSSR count). The fraction of sp³-hybridized carbons (Fsp3) is 0.143. The molecule has 1 aliphatic heterocycles. The number of fused-ring (bicyclic) bond motifs is 2. The summed E-state index contributed by atoms with van der Waals surface area (Å²) in [5.41, 5.74) is 5.10. The molecule has 0 saturated heterocycles. The van der Waals surface area contributed by atoms with Gasteiger partial charge in [-0.25, -0.2) is 4.98 Å². The smallest absolute Gasteiger partial charge is 0.175 e. The van der Waals surface area contributed by atoms with Crippen molar-refractivity contribution in [1.82, 2.24) is 14.8 Å². The molecule has 0 unspecified atom stereocenters. The van der Waals surface area contributed by atoms with Crippen molar-refractivity contribution >= 4 is 33.8 Å². The SMILES string of the molecule is N=C(c1cscn1)n1nc(N2CCc3ccccc3C2)c2ccccc2c1=N. The molecular weight excluding hydrogens is 368 g/mol. The highest BCUT2D eigenvalue weighted by Gasteiger charge is 2.21. The van der Waals surface area contributed by atoms with Gasteiger partial charge in [-0.05, 0) is 17.5 Å². The Morgan fingerprint density at radius 3 is 2.54 bits per heavy atom. The molecule has 28 heavy (non-hydrogen) atoms. The third kappa shape index (κ3) is 2.71. The fourth-order valence-corrected chi connectivity index (χ4v) is 4.24. The van der Waals surface area contributed by atoms with Crippen molar-refractivity contribution in [2.24, 2.45) is 0 Å². The third-order valence-electron chi connectivity index (χ3n) is 5.15. The van der Waals surface area contributed by atoms with Crippen molar-refractivity contribution in [3.05, 3.63) is 81.7 Å². The fourth-order valence-electron chi connectivity index (χ4n) is 3.71. The van der Waals surface area contributed by atoms with Crippen LogP contribution in [0, 0.1) is 10.8 Å². The highest BCUT2D eigenvalue weighted by atomic mass is 32.1. The van der Waals surface area contributed by atoms with Gasteiger partial charge in [-0.3, -0.25) is 10.8 Å². The summed E-state index contributed by atoms with van der Waals surface area (Å²) in [6.45, 7) is 1.63. The summed E-state index contributed by atoms with van der Waals surface area (Å²) in [6.07, 6.45) is 0.957. The van der Waals surface area contributed by atoms with Gasteiger partial charge in [-0.15, -0.1) is 16.4 Å². The van der Waals surface area contributed by atoms with E-state index in [1.807, 2.05) is 29.6 Å². The monoisotopic (exact) mass is 386 g/mol. The predicted molar refractivity (Wildman–Crippen MR) is 111 cm³/mol. The molecule has 0 fully saturated rings. The first-order valence-corrected chi connectivity index (χ1v) is 10.0. The minimum Gasteiger partial charge on any atom is -0.350 e. The zero-order valence-corrected chi connectivity index (χ0v) is 15.9. The Balaban J connectivity index is 1.68. The number of hydrogen-bond acceptors (Lipinski definition) is 6. The quantitative estimate of drug-likeness (QED) is 0.409. The largest absolute Gasteiger partial charge is 0.350 e. The van der Waals surface area contributed by atoms with Gasteiger partial charge in [0.15, 0.2) is 17.1 Å². The van der Waals surface area contributed by atoms with Gasteiger partial charge in [0.05, 0.1) is 5.51 Å². The van der Waals surface area contributed by atoms with Crippen molar-refractivity contribution in [2.45, 2.75) is 13.0 Å². The second-order valence-corrected chi connectivity index (χ2v) is 7.51. The predicted octanol–water partition coefficient (Wildman–Crippen LogP) is 3.41. The highest BCUT2D eigenvalue weighted by molar-refractivity contribution is 7.07. The molecule has 0 amide bonds. The van der Waals surface area contributed by atoms with Crippen molar-refractivity contribution in [3.63, 3.8) is 0 Å². The van der Waals surface area contributed by atoms with Crippen LogP contribution in [-0.2, 0) is 13.0 Å². The lowest BCUT2D eigenvalue weighted by Gasteiger charge is -2.31. The minimum atomic E-state index is 0.121. The van der Waals surface area contributed by atoms with Gasteiger partial charge in [0, 0.05) is 29.2 Å². The van der Waals surface area contributed by atoms with E-state index in [4.69, 9.17) is 15.9 Å². The number of nitrogens with one attached hydrogen (secondary N) is 2. The summed E-state index contributed by atoms with van der Waals surface area (Å²) in [6, 6.07) is 16.3. The Labute approximate surface area is 165 Å². The summed E-state index contributed by atoms with van der Waals surface area (Å²) in [7, 11) is 0. The van der Waals surface area contributed by atoms with Crippen LogP contribution in [0.5, 0.6) is 0 Å². The average Bonchev–Trinajstić information content (AvgIpc) is 3.28. The van der Waals surface area contributed by atoms with Gasteiger partial charge < -0.3 is 4.90 Å². The van der Waals surface area contributed by atoms with Crippen LogP contribution < -0.4 is 10.4 Å². The zero-order chi connectivity index (χ0) is 19.1. The van der Waals surface area contributed by atoms with E-state index < -0.39 is 0 Å². The lowest BCUT2D eigenvalue weighted by molar-refractivity contribution is 0.701. The van der Waals surface area contributed by atoms with E-state index in [2.05, 4.69) is 34.1 Å². The van der Waals surface area contributed by atoms with E-state index in [1.54, 1.807) is 5.51 Å². The van der Waals surface area contributed by atoms with Crippen molar-refractivity contribution < 1.29 is 0 Å². The van der Waals surface area contributed by atoms with Crippen LogP contribution in [0.1, 0.15) is 16.8 Å². The Kier molecular flexibility index (Phi) is 4.02. The van der Waals surface area contributed by atoms with Crippen LogP contribution in [0.15, 0.2) is 59.4 Å². The lowest BCUT2D eigenvalue weighted by atomic mass is 9.99. The van der Waals surface area contributed by atoms with E-state index in [0.29, 0.717) is 5.69 Å². The van der Waals surface area contributed by atoms with Gasteiger partial charge in [0.2, 0.25) is 0 Å². The molecule has 2 aromatic carbocycles. The first-order chi connectivity index (χ1) is 13.7. The molecule has 0 spiro atoms. The Hall–Kier alpha value is -3.32. The maximum Gasteiger partial charge on any atom is 0.175 e. The molecule has 138 valence electrons. The number of nitrogens with zero attached hydrogens (tertiary/aromatic N) is 4. The summed E-state index contributed by atoms with van der Waals surface area (Å²) in [5.74, 6) is 0.928. The van der Waals surface area contributed by atoms with Gasteiger partial charge in [-0.2, -0.15) is 4.68 Å². The molecular formula is C21H18N6S. The van der Waals surface area contributed by atoms with Crippen LogP contribution in [0.25, 0.3) is 10.8 Å². The van der Waals surface area contributed by atoms with Crippen molar-refractivity contribution in [3.8, 4) is 0 Å². The molecule has 3 heterocycles. The van der Waals surface area contributed by atoms with Gasteiger partial charge in [0.1, 0.15) is 5.69 Å². The molecule has 0 radical (unpaired) electrons. The molecule has 0 atom stereocenters. The van der Waals surface area contributed by atoms with E-state index in [-0.39, 0.29) is 11.3 Å². The Morgan fingerprint density at radius 2 is 1.75 bits per heavy atom. The number of rotatable bonds is 2. The molecule has 6 nitrogen and oxygen atoms in total. The molecule has 0 aliphatic carbocycles. The maximum absolute atomic E-state index is 8.62. The topological polar surface area (TPSA) is 81.7 Å². The van der Waals surface area contributed by atoms with Crippen molar-refractivity contribution in [1.29, 1.82) is 10.8 Å². The van der Waals surface area contributed by atoms with Gasteiger partial charge in [0.25, 0.3) is 0 Å². The molecule has 0 bridgehead atoms. The van der Waals surface area contributed by atoms with Crippen LogP contribution in [0.4, 0.5) is 5.82 Å². The summed E-state index contributed by atoms with van der Waals surface area (Å²) < 4.78 is 1.40. The number of aromatic nitrogens is 3. The van der Waals surface area contributed by atoms with E-state index in [9.17, 15) is 0 Å². The standard InChI is InChI=1S/C21H18N6S/c22-19-16-7-3-4-8-17(16)21(25-27(19)20(23)18-12-28-13-24-18)26-10-9-14-5-1-2-6-15(14)11-26/h1-8,12-13,22-23H,9-11H2. The van der Waals surface area contributed by atoms with Crippen LogP contribution >= 0.6 is 11.3 Å². The summed E-state index contributed by atoms with van der Waals surface area (Å²) >= 11 is 1.43. The number of thiazole rings is 1.